The molecule has 2 aliphatic heterocycles. The molecule has 2 heterocycles. The van der Waals surface area contributed by atoms with Gasteiger partial charge in [0.05, 0.1) is 11.6 Å². The van der Waals surface area contributed by atoms with Crippen LogP contribution in [0.1, 0.15) is 24.8 Å². The molecule has 0 aliphatic carbocycles. The van der Waals surface area contributed by atoms with Crippen LogP contribution in [0.4, 0.5) is 0 Å². The van der Waals surface area contributed by atoms with E-state index < -0.39 is 0 Å². The van der Waals surface area contributed by atoms with Crippen molar-refractivity contribution in [2.75, 3.05) is 19.6 Å². The van der Waals surface area contributed by atoms with Crippen molar-refractivity contribution >= 4 is 0 Å². The summed E-state index contributed by atoms with van der Waals surface area (Å²) in [5, 5.41) is 13.8. The summed E-state index contributed by atoms with van der Waals surface area (Å²) >= 11 is 0. The third-order valence-corrected chi connectivity index (χ3v) is 4.39. The molecule has 2 saturated heterocycles. The first-order chi connectivity index (χ1) is 8.78. The fraction of sp³-hybridized carbons (Fsp3) is 0.600. The average Bonchev–Trinajstić information content (AvgIpc) is 2.85. The molecule has 3 nitrogen and oxygen atoms in total. The summed E-state index contributed by atoms with van der Waals surface area (Å²) in [4.78, 5) is 2.47. The Morgan fingerprint density at radius 3 is 2.89 bits per heavy atom. The largest absolute Gasteiger partial charge is 0.391 e. The van der Waals surface area contributed by atoms with E-state index in [4.69, 9.17) is 0 Å². The van der Waals surface area contributed by atoms with Gasteiger partial charge in [0.25, 0.3) is 0 Å². The highest BCUT2D eigenvalue weighted by molar-refractivity contribution is 5.15. The molecule has 98 valence electrons. The molecule has 2 unspecified atom stereocenters. The van der Waals surface area contributed by atoms with Crippen LogP contribution in [0.25, 0.3) is 0 Å². The van der Waals surface area contributed by atoms with Gasteiger partial charge in [0, 0.05) is 19.6 Å². The van der Waals surface area contributed by atoms with Gasteiger partial charge in [0.2, 0.25) is 0 Å². The molecule has 1 aromatic rings. The summed E-state index contributed by atoms with van der Waals surface area (Å²) in [6, 6.07) is 10.6. The molecule has 1 spiro atoms. The Kier molecular flexibility index (Phi) is 3.37. The number of likely N-dealkylation sites (tertiary alicyclic amines) is 1. The van der Waals surface area contributed by atoms with Gasteiger partial charge in [-0.3, -0.25) is 4.90 Å². The number of hydrogen-bond donors (Lipinski definition) is 2. The fourth-order valence-electron chi connectivity index (χ4n) is 3.39. The monoisotopic (exact) mass is 246 g/mol. The normalized spacial score (nSPS) is 33.1. The Hall–Kier alpha value is -0.900. The molecule has 2 N–H and O–H groups in total. The standard InChI is InChI=1S/C15H22N2O/c18-14-7-10-17(11-13-5-2-1-3-6-13)12-15(14)8-4-9-16-15/h1-3,5-6,14,16,18H,4,7-12H2. The lowest BCUT2D eigenvalue weighted by atomic mass is 9.84. The molecule has 0 bridgehead atoms. The Morgan fingerprint density at radius 2 is 2.17 bits per heavy atom. The molecule has 0 radical (unpaired) electrons. The van der Waals surface area contributed by atoms with Gasteiger partial charge in [0.1, 0.15) is 0 Å². The number of piperidine rings is 1. The first-order valence-electron chi connectivity index (χ1n) is 6.98. The number of nitrogens with one attached hydrogen (secondary N) is 1. The SMILES string of the molecule is OC1CCN(Cc2ccccc2)CC12CCCN2. The van der Waals surface area contributed by atoms with Crippen molar-refractivity contribution in [3.8, 4) is 0 Å². The minimum Gasteiger partial charge on any atom is -0.391 e. The summed E-state index contributed by atoms with van der Waals surface area (Å²) in [7, 11) is 0. The highest BCUT2D eigenvalue weighted by Crippen LogP contribution is 2.30. The van der Waals surface area contributed by atoms with E-state index in [0.29, 0.717) is 0 Å². The van der Waals surface area contributed by atoms with Crippen molar-refractivity contribution in [2.24, 2.45) is 0 Å². The van der Waals surface area contributed by atoms with Gasteiger partial charge in [-0.2, -0.15) is 0 Å². The quantitative estimate of drug-likeness (QED) is 0.827. The smallest absolute Gasteiger partial charge is 0.0746 e. The number of rotatable bonds is 2. The second-order valence-corrected chi connectivity index (χ2v) is 5.69. The van der Waals surface area contributed by atoms with Gasteiger partial charge in [-0.15, -0.1) is 0 Å². The molecular weight excluding hydrogens is 224 g/mol. The first-order valence-corrected chi connectivity index (χ1v) is 6.98. The lowest BCUT2D eigenvalue weighted by molar-refractivity contribution is -0.00653. The van der Waals surface area contributed by atoms with Crippen LogP contribution in [0.5, 0.6) is 0 Å². The van der Waals surface area contributed by atoms with Crippen LogP contribution < -0.4 is 5.32 Å². The molecule has 0 amide bonds. The lowest BCUT2D eigenvalue weighted by Gasteiger charge is -2.44. The zero-order valence-corrected chi connectivity index (χ0v) is 10.8. The van der Waals surface area contributed by atoms with Gasteiger partial charge >= 0.3 is 0 Å². The van der Waals surface area contributed by atoms with Crippen LogP contribution in [-0.4, -0.2) is 41.3 Å². The molecule has 2 fully saturated rings. The molecule has 0 aromatic heterocycles. The Balaban J connectivity index is 1.68. The third-order valence-electron chi connectivity index (χ3n) is 4.39. The number of nitrogens with zero attached hydrogens (tertiary/aromatic N) is 1. The van der Waals surface area contributed by atoms with E-state index in [-0.39, 0.29) is 11.6 Å². The number of hydrogen-bond acceptors (Lipinski definition) is 3. The summed E-state index contributed by atoms with van der Waals surface area (Å²) in [5.41, 5.74) is 1.33. The maximum absolute atomic E-state index is 10.3. The minimum atomic E-state index is -0.174. The van der Waals surface area contributed by atoms with Crippen molar-refractivity contribution in [3.63, 3.8) is 0 Å². The van der Waals surface area contributed by atoms with E-state index in [1.54, 1.807) is 0 Å². The van der Waals surface area contributed by atoms with Crippen LogP contribution >= 0.6 is 0 Å². The Labute approximate surface area is 109 Å². The Morgan fingerprint density at radius 1 is 1.33 bits per heavy atom. The number of aliphatic hydroxyl groups excluding tert-OH is 1. The zero-order chi connectivity index (χ0) is 12.4. The van der Waals surface area contributed by atoms with E-state index in [1.165, 1.54) is 12.0 Å². The topological polar surface area (TPSA) is 35.5 Å². The number of benzene rings is 1. The van der Waals surface area contributed by atoms with Crippen molar-refractivity contribution < 1.29 is 5.11 Å². The summed E-state index contributed by atoms with van der Waals surface area (Å²) in [5.74, 6) is 0. The van der Waals surface area contributed by atoms with E-state index in [0.717, 1.165) is 39.0 Å². The second-order valence-electron chi connectivity index (χ2n) is 5.69. The predicted molar refractivity (Wildman–Crippen MR) is 72.3 cm³/mol. The minimum absolute atomic E-state index is 0.0347. The maximum atomic E-state index is 10.3. The van der Waals surface area contributed by atoms with E-state index in [1.807, 2.05) is 0 Å². The van der Waals surface area contributed by atoms with Crippen molar-refractivity contribution in [2.45, 2.75) is 37.5 Å². The molecule has 3 heteroatoms. The number of aliphatic hydroxyl groups is 1. The highest BCUT2D eigenvalue weighted by Gasteiger charge is 2.44. The molecule has 2 aliphatic rings. The summed E-state index contributed by atoms with van der Waals surface area (Å²) < 4.78 is 0. The third kappa shape index (κ3) is 2.30. The first kappa shape index (κ1) is 12.2. The zero-order valence-electron chi connectivity index (χ0n) is 10.8. The van der Waals surface area contributed by atoms with Gasteiger partial charge in [-0.25, -0.2) is 0 Å². The molecule has 18 heavy (non-hydrogen) atoms. The highest BCUT2D eigenvalue weighted by atomic mass is 16.3. The Bertz CT molecular complexity index is 387. The van der Waals surface area contributed by atoms with Gasteiger partial charge in [-0.05, 0) is 31.4 Å². The van der Waals surface area contributed by atoms with Crippen molar-refractivity contribution in [1.29, 1.82) is 0 Å². The van der Waals surface area contributed by atoms with Gasteiger partial charge < -0.3 is 10.4 Å². The van der Waals surface area contributed by atoms with Crippen LogP contribution in [0, 0.1) is 0 Å². The van der Waals surface area contributed by atoms with E-state index >= 15 is 0 Å². The summed E-state index contributed by atoms with van der Waals surface area (Å²) in [6.45, 7) is 4.02. The van der Waals surface area contributed by atoms with E-state index in [9.17, 15) is 5.11 Å². The van der Waals surface area contributed by atoms with Crippen molar-refractivity contribution in [3.05, 3.63) is 35.9 Å². The molecule has 2 atom stereocenters. The molecule has 0 saturated carbocycles. The lowest BCUT2D eigenvalue weighted by Crippen LogP contribution is -2.61. The van der Waals surface area contributed by atoms with Crippen LogP contribution in [0.15, 0.2) is 30.3 Å². The van der Waals surface area contributed by atoms with Crippen LogP contribution in [0.3, 0.4) is 0 Å². The molecular formula is C15H22N2O. The molecule has 3 rings (SSSR count). The van der Waals surface area contributed by atoms with Crippen molar-refractivity contribution in [1.82, 2.24) is 10.2 Å². The summed E-state index contributed by atoms with van der Waals surface area (Å²) in [6.07, 6.45) is 3.02. The maximum Gasteiger partial charge on any atom is 0.0746 e. The van der Waals surface area contributed by atoms with E-state index in [2.05, 4.69) is 40.5 Å². The predicted octanol–water partition coefficient (Wildman–Crippen LogP) is 1.38. The molecule has 1 aromatic carbocycles. The van der Waals surface area contributed by atoms with Gasteiger partial charge in [0.15, 0.2) is 0 Å². The fourth-order valence-corrected chi connectivity index (χ4v) is 3.39. The van der Waals surface area contributed by atoms with Crippen LogP contribution in [0.2, 0.25) is 0 Å². The van der Waals surface area contributed by atoms with Crippen LogP contribution in [-0.2, 0) is 6.54 Å². The second kappa shape index (κ2) is 5.00. The average molecular weight is 246 g/mol. The van der Waals surface area contributed by atoms with Gasteiger partial charge in [-0.1, -0.05) is 30.3 Å².